The number of rotatable bonds is 10. The van der Waals surface area contributed by atoms with Crippen molar-refractivity contribution in [1.82, 2.24) is 0 Å². The van der Waals surface area contributed by atoms with Crippen molar-refractivity contribution in [2.24, 2.45) is 0 Å². The molecule has 1 N–H and O–H groups in total. The van der Waals surface area contributed by atoms with Gasteiger partial charge in [0.15, 0.2) is 0 Å². The van der Waals surface area contributed by atoms with Crippen LogP contribution < -0.4 is 0 Å². The number of phenols is 1. The van der Waals surface area contributed by atoms with Gasteiger partial charge in [-0.2, -0.15) is 0 Å². The zero-order valence-electron chi connectivity index (χ0n) is 13.7. The molecule has 0 unspecified atom stereocenters. The molecule has 0 heterocycles. The molecule has 122 valence electrons. The first-order valence-corrected chi connectivity index (χ1v) is 8.42. The predicted molar refractivity (Wildman–Crippen MR) is 96.6 cm³/mol. The van der Waals surface area contributed by atoms with Crippen molar-refractivity contribution < 1.29 is 9.84 Å². The summed E-state index contributed by atoms with van der Waals surface area (Å²) in [5.41, 5.74) is 2.51. The lowest BCUT2D eigenvalue weighted by molar-refractivity contribution is 0.157. The molecule has 0 spiro atoms. The summed E-state index contributed by atoms with van der Waals surface area (Å²) >= 11 is 0. The number of aryl methyl sites for hydroxylation is 1. The minimum atomic E-state index is 0.297. The van der Waals surface area contributed by atoms with E-state index in [1.54, 1.807) is 12.1 Å². The second-order valence-corrected chi connectivity index (χ2v) is 5.72. The SMILES string of the molecule is Oc1ccc(/C=C/COCCCCCCc2ccccc2)cc1. The molecule has 0 aliphatic rings. The van der Waals surface area contributed by atoms with Crippen molar-refractivity contribution in [1.29, 1.82) is 0 Å². The number of benzene rings is 2. The van der Waals surface area contributed by atoms with Crippen molar-refractivity contribution >= 4 is 6.08 Å². The zero-order chi connectivity index (χ0) is 16.2. The fraction of sp³-hybridized carbons (Fsp3) is 0.333. The predicted octanol–water partition coefficient (Wildman–Crippen LogP) is 5.23. The quantitative estimate of drug-likeness (QED) is 0.609. The van der Waals surface area contributed by atoms with Crippen molar-refractivity contribution in [3.05, 3.63) is 71.8 Å². The highest BCUT2D eigenvalue weighted by molar-refractivity contribution is 5.50. The first kappa shape index (κ1) is 17.3. The van der Waals surface area contributed by atoms with Crippen LogP contribution in [0.15, 0.2) is 60.7 Å². The first-order chi connectivity index (χ1) is 11.3. The number of unbranched alkanes of at least 4 members (excludes halogenated alkanes) is 3. The minimum absolute atomic E-state index is 0.297. The van der Waals surface area contributed by atoms with Crippen molar-refractivity contribution in [3.8, 4) is 5.75 Å². The van der Waals surface area contributed by atoms with Gasteiger partial charge in [-0.1, -0.05) is 67.5 Å². The van der Waals surface area contributed by atoms with E-state index < -0.39 is 0 Å². The van der Waals surface area contributed by atoms with Crippen LogP contribution in [0, 0.1) is 0 Å². The van der Waals surface area contributed by atoms with Gasteiger partial charge in [0.1, 0.15) is 5.75 Å². The lowest BCUT2D eigenvalue weighted by Gasteiger charge is -2.03. The van der Waals surface area contributed by atoms with Gasteiger partial charge in [-0.3, -0.25) is 0 Å². The highest BCUT2D eigenvalue weighted by atomic mass is 16.5. The molecule has 0 aliphatic heterocycles. The summed E-state index contributed by atoms with van der Waals surface area (Å²) in [5.74, 6) is 0.297. The van der Waals surface area contributed by atoms with E-state index in [4.69, 9.17) is 4.74 Å². The third-order valence-electron chi connectivity index (χ3n) is 3.76. The van der Waals surface area contributed by atoms with E-state index in [2.05, 4.69) is 30.3 Å². The summed E-state index contributed by atoms with van der Waals surface area (Å²) in [6.07, 6.45) is 10.1. The number of hydrogen-bond donors (Lipinski definition) is 1. The Labute approximate surface area is 139 Å². The number of hydrogen-bond acceptors (Lipinski definition) is 2. The van der Waals surface area contributed by atoms with Crippen LogP contribution in [0.3, 0.4) is 0 Å². The van der Waals surface area contributed by atoms with Gasteiger partial charge in [0.25, 0.3) is 0 Å². The second-order valence-electron chi connectivity index (χ2n) is 5.72. The molecule has 2 aromatic carbocycles. The van der Waals surface area contributed by atoms with Crippen LogP contribution in [0.1, 0.15) is 36.8 Å². The summed E-state index contributed by atoms with van der Waals surface area (Å²) in [6, 6.07) is 17.8. The normalized spacial score (nSPS) is 11.1. The third-order valence-corrected chi connectivity index (χ3v) is 3.76. The van der Waals surface area contributed by atoms with E-state index in [1.807, 2.05) is 24.3 Å². The molecule has 0 bridgehead atoms. The second kappa shape index (κ2) is 10.6. The van der Waals surface area contributed by atoms with Gasteiger partial charge in [-0.15, -0.1) is 0 Å². The fourth-order valence-electron chi connectivity index (χ4n) is 2.45. The van der Waals surface area contributed by atoms with Gasteiger partial charge >= 0.3 is 0 Å². The topological polar surface area (TPSA) is 29.5 Å². The Kier molecular flexibility index (Phi) is 7.99. The monoisotopic (exact) mass is 310 g/mol. The maximum Gasteiger partial charge on any atom is 0.115 e. The highest BCUT2D eigenvalue weighted by Crippen LogP contribution is 2.11. The van der Waals surface area contributed by atoms with Gasteiger partial charge in [-0.05, 0) is 42.5 Å². The Morgan fingerprint density at radius 3 is 2.35 bits per heavy atom. The summed E-state index contributed by atoms with van der Waals surface area (Å²) in [6.45, 7) is 1.47. The van der Waals surface area contributed by atoms with Gasteiger partial charge in [-0.25, -0.2) is 0 Å². The molecule has 0 aliphatic carbocycles. The smallest absolute Gasteiger partial charge is 0.115 e. The summed E-state index contributed by atoms with van der Waals surface area (Å²) < 4.78 is 5.61. The Balaban J connectivity index is 1.44. The van der Waals surface area contributed by atoms with Crippen LogP contribution in [-0.4, -0.2) is 18.3 Å². The lowest BCUT2D eigenvalue weighted by Crippen LogP contribution is -1.94. The first-order valence-electron chi connectivity index (χ1n) is 8.42. The standard InChI is InChI=1S/C21H26O2/c22-21-15-13-20(14-16-21)12-8-18-23-17-7-2-1-4-9-19-10-5-3-6-11-19/h3,5-6,8,10-16,22H,1-2,4,7,9,17-18H2/b12-8+. The molecular weight excluding hydrogens is 284 g/mol. The van der Waals surface area contributed by atoms with Crippen molar-refractivity contribution in [3.63, 3.8) is 0 Å². The van der Waals surface area contributed by atoms with Crippen molar-refractivity contribution in [2.75, 3.05) is 13.2 Å². The molecule has 2 heteroatoms. The molecule has 0 aromatic heterocycles. The molecule has 0 atom stereocenters. The van der Waals surface area contributed by atoms with Gasteiger partial charge in [0, 0.05) is 6.61 Å². The van der Waals surface area contributed by atoms with Crippen LogP contribution in [0.4, 0.5) is 0 Å². The number of phenolic OH excluding ortho intramolecular Hbond substituents is 1. The lowest BCUT2D eigenvalue weighted by atomic mass is 10.1. The fourth-order valence-corrected chi connectivity index (χ4v) is 2.45. The van der Waals surface area contributed by atoms with E-state index in [1.165, 1.54) is 31.2 Å². The van der Waals surface area contributed by atoms with E-state index in [0.29, 0.717) is 12.4 Å². The van der Waals surface area contributed by atoms with E-state index >= 15 is 0 Å². The van der Waals surface area contributed by atoms with Gasteiger partial charge in [0.2, 0.25) is 0 Å². The molecule has 0 amide bonds. The average Bonchev–Trinajstić information content (AvgIpc) is 2.59. The molecular formula is C21H26O2. The Hall–Kier alpha value is -2.06. The Morgan fingerprint density at radius 2 is 1.57 bits per heavy atom. The number of ether oxygens (including phenoxy) is 1. The molecule has 2 nitrogen and oxygen atoms in total. The van der Waals surface area contributed by atoms with E-state index in [0.717, 1.165) is 18.6 Å². The summed E-state index contributed by atoms with van der Waals surface area (Å²) in [7, 11) is 0. The van der Waals surface area contributed by atoms with E-state index in [-0.39, 0.29) is 0 Å². The van der Waals surface area contributed by atoms with Gasteiger partial charge in [0.05, 0.1) is 6.61 Å². The van der Waals surface area contributed by atoms with Crippen LogP contribution >= 0.6 is 0 Å². The summed E-state index contributed by atoms with van der Waals surface area (Å²) in [5, 5.41) is 9.20. The van der Waals surface area contributed by atoms with E-state index in [9.17, 15) is 5.11 Å². The molecule has 0 saturated heterocycles. The zero-order valence-corrected chi connectivity index (χ0v) is 13.7. The molecule has 23 heavy (non-hydrogen) atoms. The van der Waals surface area contributed by atoms with Crippen LogP contribution in [0.2, 0.25) is 0 Å². The highest BCUT2D eigenvalue weighted by Gasteiger charge is 1.93. The summed E-state index contributed by atoms with van der Waals surface area (Å²) in [4.78, 5) is 0. The largest absolute Gasteiger partial charge is 0.508 e. The number of aromatic hydroxyl groups is 1. The Bertz CT molecular complexity index is 558. The van der Waals surface area contributed by atoms with Crippen LogP contribution in [-0.2, 0) is 11.2 Å². The maximum absolute atomic E-state index is 9.20. The molecule has 2 aromatic rings. The van der Waals surface area contributed by atoms with Gasteiger partial charge < -0.3 is 9.84 Å². The minimum Gasteiger partial charge on any atom is -0.508 e. The van der Waals surface area contributed by atoms with Crippen LogP contribution in [0.5, 0.6) is 5.75 Å². The maximum atomic E-state index is 9.20. The molecule has 2 rings (SSSR count). The third kappa shape index (κ3) is 7.66. The van der Waals surface area contributed by atoms with Crippen molar-refractivity contribution in [2.45, 2.75) is 32.1 Å². The average molecular weight is 310 g/mol. The molecule has 0 saturated carbocycles. The Morgan fingerprint density at radius 1 is 0.826 bits per heavy atom. The molecule has 0 fully saturated rings. The molecule has 0 radical (unpaired) electrons. The van der Waals surface area contributed by atoms with Crippen LogP contribution in [0.25, 0.3) is 6.08 Å².